The Balaban J connectivity index is 1.83. The fourth-order valence-electron chi connectivity index (χ4n) is 1.86. The highest BCUT2D eigenvalue weighted by molar-refractivity contribution is 7.13. The molecule has 2 unspecified atom stereocenters. The second kappa shape index (κ2) is 3.92. The highest BCUT2D eigenvalue weighted by Gasteiger charge is 2.45. The van der Waals surface area contributed by atoms with Gasteiger partial charge in [0.05, 0.1) is 17.3 Å². The van der Waals surface area contributed by atoms with Gasteiger partial charge < -0.3 is 5.11 Å². The number of hydrogen-bond donors (Lipinski definition) is 1. The van der Waals surface area contributed by atoms with Gasteiger partial charge in [0, 0.05) is 17.5 Å². The van der Waals surface area contributed by atoms with Crippen LogP contribution in [0.15, 0.2) is 29.8 Å². The minimum Gasteiger partial charge on any atom is -0.481 e. The van der Waals surface area contributed by atoms with Crippen LogP contribution in [-0.4, -0.2) is 21.0 Å². The molecule has 1 aliphatic rings. The van der Waals surface area contributed by atoms with Gasteiger partial charge in [0.25, 0.3) is 0 Å². The summed E-state index contributed by atoms with van der Waals surface area (Å²) in [6, 6.07) is 5.68. The highest BCUT2D eigenvalue weighted by atomic mass is 32.1. The van der Waals surface area contributed by atoms with Crippen LogP contribution >= 0.6 is 11.3 Å². The summed E-state index contributed by atoms with van der Waals surface area (Å²) >= 11 is 1.52. The Hall–Kier alpha value is -1.75. The first-order valence-corrected chi connectivity index (χ1v) is 6.23. The minimum absolute atomic E-state index is 0.0983. The molecule has 2 atom stereocenters. The molecule has 2 aromatic rings. The van der Waals surface area contributed by atoms with Crippen LogP contribution in [0.2, 0.25) is 0 Å². The largest absolute Gasteiger partial charge is 0.481 e. The summed E-state index contributed by atoms with van der Waals surface area (Å²) in [7, 11) is 0. The summed E-state index contributed by atoms with van der Waals surface area (Å²) < 4.78 is 0. The summed E-state index contributed by atoms with van der Waals surface area (Å²) in [5.41, 5.74) is 1.74. The Kier molecular flexibility index (Phi) is 2.40. The predicted octanol–water partition coefficient (Wildman–Crippen LogP) is 2.39. The quantitative estimate of drug-likeness (QED) is 0.903. The van der Waals surface area contributed by atoms with Crippen LogP contribution in [-0.2, 0) is 4.79 Å². The smallest absolute Gasteiger partial charge is 0.307 e. The van der Waals surface area contributed by atoms with Crippen molar-refractivity contribution in [2.75, 3.05) is 0 Å². The summed E-state index contributed by atoms with van der Waals surface area (Å²) in [6.45, 7) is 0. The molecule has 0 radical (unpaired) electrons. The lowest BCUT2D eigenvalue weighted by molar-refractivity contribution is -0.138. The Morgan fingerprint density at radius 1 is 1.47 bits per heavy atom. The lowest BCUT2D eigenvalue weighted by Crippen LogP contribution is -1.98. The molecular formula is C12H10N2O2S. The zero-order valence-corrected chi connectivity index (χ0v) is 9.72. The lowest BCUT2D eigenvalue weighted by atomic mass is 10.2. The van der Waals surface area contributed by atoms with Gasteiger partial charge in [-0.3, -0.25) is 9.78 Å². The van der Waals surface area contributed by atoms with Gasteiger partial charge in [0.2, 0.25) is 0 Å². The molecule has 1 aliphatic carbocycles. The third-order valence-corrected chi connectivity index (χ3v) is 3.78. The van der Waals surface area contributed by atoms with E-state index in [0.717, 1.165) is 16.4 Å². The number of rotatable bonds is 3. The predicted molar refractivity (Wildman–Crippen MR) is 63.8 cm³/mol. The van der Waals surface area contributed by atoms with Crippen molar-refractivity contribution in [3.8, 4) is 10.7 Å². The van der Waals surface area contributed by atoms with E-state index in [9.17, 15) is 4.79 Å². The number of aromatic nitrogens is 2. The van der Waals surface area contributed by atoms with Gasteiger partial charge in [-0.15, -0.1) is 11.3 Å². The highest BCUT2D eigenvalue weighted by Crippen LogP contribution is 2.48. The molecule has 0 saturated heterocycles. The minimum atomic E-state index is -0.720. The molecule has 0 aliphatic heterocycles. The summed E-state index contributed by atoms with van der Waals surface area (Å²) in [4.78, 5) is 19.5. The third-order valence-electron chi connectivity index (χ3n) is 2.89. The van der Waals surface area contributed by atoms with Crippen molar-refractivity contribution in [3.05, 3.63) is 35.5 Å². The molecule has 2 heterocycles. The Bertz CT molecular complexity index is 553. The molecule has 0 bridgehead atoms. The van der Waals surface area contributed by atoms with Crippen molar-refractivity contribution in [2.24, 2.45) is 5.92 Å². The molecule has 0 aromatic carbocycles. The maximum atomic E-state index is 10.8. The van der Waals surface area contributed by atoms with Crippen LogP contribution in [0.25, 0.3) is 10.7 Å². The van der Waals surface area contributed by atoms with E-state index in [1.54, 1.807) is 6.20 Å². The molecule has 3 rings (SSSR count). The standard InChI is InChI=1S/C12H10N2O2S/c15-12(16)8-5-7(8)10-6-17-11(14-10)9-3-1-2-4-13-9/h1-4,6-8H,5H2,(H,15,16). The molecule has 2 aromatic heterocycles. The number of pyridine rings is 1. The molecular weight excluding hydrogens is 236 g/mol. The van der Waals surface area contributed by atoms with Crippen molar-refractivity contribution in [1.82, 2.24) is 9.97 Å². The Morgan fingerprint density at radius 2 is 2.35 bits per heavy atom. The molecule has 0 spiro atoms. The van der Waals surface area contributed by atoms with Crippen molar-refractivity contribution in [2.45, 2.75) is 12.3 Å². The molecule has 1 saturated carbocycles. The van der Waals surface area contributed by atoms with Crippen molar-refractivity contribution in [1.29, 1.82) is 0 Å². The van der Waals surface area contributed by atoms with Crippen LogP contribution < -0.4 is 0 Å². The normalized spacial score (nSPS) is 22.4. The fraction of sp³-hybridized carbons (Fsp3) is 0.250. The number of thiazole rings is 1. The molecule has 0 amide bonds. The molecule has 17 heavy (non-hydrogen) atoms. The van der Waals surface area contributed by atoms with Crippen molar-refractivity contribution >= 4 is 17.3 Å². The van der Waals surface area contributed by atoms with Gasteiger partial charge >= 0.3 is 5.97 Å². The number of carboxylic acid groups (broad SMARTS) is 1. The lowest BCUT2D eigenvalue weighted by Gasteiger charge is -1.93. The first-order valence-electron chi connectivity index (χ1n) is 5.35. The van der Waals surface area contributed by atoms with E-state index in [0.29, 0.717) is 6.42 Å². The van der Waals surface area contributed by atoms with Gasteiger partial charge in [-0.1, -0.05) is 6.07 Å². The van der Waals surface area contributed by atoms with E-state index in [-0.39, 0.29) is 11.8 Å². The third kappa shape index (κ3) is 1.93. The van der Waals surface area contributed by atoms with Crippen molar-refractivity contribution in [3.63, 3.8) is 0 Å². The van der Waals surface area contributed by atoms with E-state index < -0.39 is 5.97 Å². The molecule has 1 fully saturated rings. The first kappa shape index (κ1) is 10.4. The zero-order chi connectivity index (χ0) is 11.8. The van der Waals surface area contributed by atoms with Gasteiger partial charge in [-0.2, -0.15) is 0 Å². The Morgan fingerprint density at radius 3 is 3.00 bits per heavy atom. The number of carboxylic acids is 1. The summed E-state index contributed by atoms with van der Waals surface area (Å²) in [6.07, 6.45) is 2.44. The van der Waals surface area contributed by atoms with E-state index in [4.69, 9.17) is 5.11 Å². The summed E-state index contributed by atoms with van der Waals surface area (Å²) in [5, 5.41) is 11.7. The maximum absolute atomic E-state index is 10.8. The zero-order valence-electron chi connectivity index (χ0n) is 8.91. The average molecular weight is 246 g/mol. The number of nitrogens with zero attached hydrogens (tertiary/aromatic N) is 2. The number of aliphatic carboxylic acids is 1. The van der Waals surface area contributed by atoms with Gasteiger partial charge in [-0.05, 0) is 18.6 Å². The second-order valence-corrected chi connectivity index (χ2v) is 4.94. The van der Waals surface area contributed by atoms with E-state index >= 15 is 0 Å². The molecule has 4 nitrogen and oxygen atoms in total. The molecule has 86 valence electrons. The molecule has 1 N–H and O–H groups in total. The monoisotopic (exact) mass is 246 g/mol. The van der Waals surface area contributed by atoms with E-state index in [2.05, 4.69) is 9.97 Å². The Labute approximate surface area is 102 Å². The number of carbonyl (C=O) groups is 1. The van der Waals surface area contributed by atoms with Crippen molar-refractivity contribution < 1.29 is 9.90 Å². The van der Waals surface area contributed by atoms with Crippen LogP contribution in [0.3, 0.4) is 0 Å². The van der Waals surface area contributed by atoms with Gasteiger partial charge in [0.1, 0.15) is 5.01 Å². The molecule has 5 heteroatoms. The average Bonchev–Trinajstić information content (AvgIpc) is 3.01. The topological polar surface area (TPSA) is 63.1 Å². The van der Waals surface area contributed by atoms with Crippen LogP contribution in [0.4, 0.5) is 0 Å². The number of hydrogen-bond acceptors (Lipinski definition) is 4. The summed E-state index contributed by atoms with van der Waals surface area (Å²) in [5.74, 6) is -0.864. The second-order valence-electron chi connectivity index (χ2n) is 4.08. The van der Waals surface area contributed by atoms with Crippen LogP contribution in [0.1, 0.15) is 18.0 Å². The first-order chi connectivity index (χ1) is 8.25. The van der Waals surface area contributed by atoms with E-state index in [1.165, 1.54) is 11.3 Å². The maximum Gasteiger partial charge on any atom is 0.307 e. The SMILES string of the molecule is O=C(O)C1CC1c1csc(-c2ccccn2)n1. The fourth-order valence-corrected chi connectivity index (χ4v) is 2.72. The van der Waals surface area contributed by atoms with Gasteiger partial charge in [0.15, 0.2) is 0 Å². The van der Waals surface area contributed by atoms with Gasteiger partial charge in [-0.25, -0.2) is 4.98 Å². The van der Waals surface area contributed by atoms with E-state index in [1.807, 2.05) is 23.6 Å². The van der Waals surface area contributed by atoms with Crippen LogP contribution in [0, 0.1) is 5.92 Å². The van der Waals surface area contributed by atoms with Crippen LogP contribution in [0.5, 0.6) is 0 Å².